The van der Waals surface area contributed by atoms with Crippen LogP contribution in [0.1, 0.15) is 11.1 Å². The van der Waals surface area contributed by atoms with Gasteiger partial charge in [-0.3, -0.25) is 14.9 Å². The standard InChI is InChI=1S/C23H16ClN3O4/c1-15-5-4-6-18(11-15)26-23(28)17(14-25)12-16-9-10-22(20(13-16)27(29)30)31-21-8-3-2-7-19(21)24/h2-13H,1H3,(H,26,28)/b17-12+. The van der Waals surface area contributed by atoms with Crippen molar-refractivity contribution in [3.05, 3.63) is 98.6 Å². The van der Waals surface area contributed by atoms with Crippen molar-refractivity contribution in [1.29, 1.82) is 5.26 Å². The number of nitrogens with one attached hydrogen (secondary N) is 1. The Balaban J connectivity index is 1.89. The number of amides is 1. The lowest BCUT2D eigenvalue weighted by Gasteiger charge is -2.09. The van der Waals surface area contributed by atoms with Gasteiger partial charge >= 0.3 is 5.69 Å². The van der Waals surface area contributed by atoms with Crippen LogP contribution >= 0.6 is 11.6 Å². The van der Waals surface area contributed by atoms with E-state index in [9.17, 15) is 20.2 Å². The minimum Gasteiger partial charge on any atom is -0.449 e. The molecule has 154 valence electrons. The molecule has 0 fully saturated rings. The maximum absolute atomic E-state index is 12.4. The highest BCUT2D eigenvalue weighted by molar-refractivity contribution is 6.32. The Labute approximate surface area is 183 Å². The number of nitro groups is 1. The summed E-state index contributed by atoms with van der Waals surface area (Å²) in [6.45, 7) is 1.88. The van der Waals surface area contributed by atoms with Crippen molar-refractivity contribution in [3.8, 4) is 17.6 Å². The third-order valence-electron chi connectivity index (χ3n) is 4.19. The average Bonchev–Trinajstić information content (AvgIpc) is 2.74. The molecule has 0 saturated heterocycles. The largest absolute Gasteiger partial charge is 0.449 e. The quantitative estimate of drug-likeness (QED) is 0.225. The number of hydrogen-bond donors (Lipinski definition) is 1. The predicted molar refractivity (Wildman–Crippen MR) is 118 cm³/mol. The van der Waals surface area contributed by atoms with E-state index in [2.05, 4.69) is 5.32 Å². The van der Waals surface area contributed by atoms with Crippen LogP contribution in [-0.2, 0) is 4.79 Å². The lowest BCUT2D eigenvalue weighted by atomic mass is 10.1. The number of halogens is 1. The van der Waals surface area contributed by atoms with Gasteiger partial charge in [-0.05, 0) is 54.5 Å². The Morgan fingerprint density at radius 2 is 1.90 bits per heavy atom. The van der Waals surface area contributed by atoms with Crippen LogP contribution in [0.5, 0.6) is 11.5 Å². The SMILES string of the molecule is Cc1cccc(NC(=O)/C(C#N)=C/c2ccc(Oc3ccccc3Cl)c([N+](=O)[O-])c2)c1. The van der Waals surface area contributed by atoms with Gasteiger partial charge in [-0.15, -0.1) is 0 Å². The summed E-state index contributed by atoms with van der Waals surface area (Å²) in [5.41, 5.74) is 1.26. The second kappa shape index (κ2) is 9.57. The van der Waals surface area contributed by atoms with Gasteiger partial charge in [0.1, 0.15) is 17.4 Å². The first kappa shape index (κ1) is 21.6. The van der Waals surface area contributed by atoms with E-state index in [1.165, 1.54) is 24.3 Å². The molecule has 7 nitrogen and oxygen atoms in total. The van der Waals surface area contributed by atoms with Gasteiger partial charge in [-0.2, -0.15) is 5.26 Å². The van der Waals surface area contributed by atoms with E-state index in [0.717, 1.165) is 5.56 Å². The Morgan fingerprint density at radius 3 is 2.58 bits per heavy atom. The second-order valence-electron chi connectivity index (χ2n) is 6.51. The van der Waals surface area contributed by atoms with E-state index in [-0.39, 0.29) is 22.8 Å². The average molecular weight is 434 g/mol. The summed E-state index contributed by atoms with van der Waals surface area (Å²) in [6.07, 6.45) is 1.28. The molecule has 0 aliphatic heterocycles. The molecule has 0 aliphatic rings. The zero-order valence-corrected chi connectivity index (χ0v) is 17.1. The maximum Gasteiger partial charge on any atom is 0.312 e. The first-order valence-electron chi connectivity index (χ1n) is 9.08. The molecule has 31 heavy (non-hydrogen) atoms. The van der Waals surface area contributed by atoms with Crippen molar-refractivity contribution in [1.82, 2.24) is 0 Å². The monoisotopic (exact) mass is 433 g/mol. The molecule has 8 heteroatoms. The van der Waals surface area contributed by atoms with Crippen molar-refractivity contribution in [3.63, 3.8) is 0 Å². The molecular formula is C23H16ClN3O4. The van der Waals surface area contributed by atoms with Gasteiger partial charge in [0.25, 0.3) is 5.91 Å². The topological polar surface area (TPSA) is 105 Å². The zero-order valence-electron chi connectivity index (χ0n) is 16.3. The van der Waals surface area contributed by atoms with Crippen LogP contribution in [0.3, 0.4) is 0 Å². The predicted octanol–water partition coefficient (Wildman–Crippen LogP) is 5.89. The fourth-order valence-electron chi connectivity index (χ4n) is 2.74. The molecule has 3 aromatic carbocycles. The molecule has 0 heterocycles. The van der Waals surface area contributed by atoms with Crippen LogP contribution < -0.4 is 10.1 Å². The van der Waals surface area contributed by atoms with Crippen molar-refractivity contribution in [2.75, 3.05) is 5.32 Å². The fourth-order valence-corrected chi connectivity index (χ4v) is 2.91. The van der Waals surface area contributed by atoms with E-state index in [1.54, 1.807) is 42.5 Å². The molecule has 0 atom stereocenters. The highest BCUT2D eigenvalue weighted by Crippen LogP contribution is 2.35. The third-order valence-corrected chi connectivity index (χ3v) is 4.50. The minimum atomic E-state index is -0.618. The number of nitro benzene ring substituents is 1. The highest BCUT2D eigenvalue weighted by atomic mass is 35.5. The second-order valence-corrected chi connectivity index (χ2v) is 6.92. The molecule has 0 aliphatic carbocycles. The summed E-state index contributed by atoms with van der Waals surface area (Å²) in [6, 6.07) is 19.7. The number of carbonyl (C=O) groups excluding carboxylic acids is 1. The van der Waals surface area contributed by atoms with Crippen LogP contribution in [0.25, 0.3) is 6.08 Å². The molecule has 1 N–H and O–H groups in total. The molecule has 0 unspecified atom stereocenters. The number of carbonyl (C=O) groups is 1. The van der Waals surface area contributed by atoms with Crippen LogP contribution in [0.15, 0.2) is 72.3 Å². The number of benzene rings is 3. The summed E-state index contributed by atoms with van der Waals surface area (Å²) < 4.78 is 5.59. The van der Waals surface area contributed by atoms with Gasteiger partial charge in [-0.25, -0.2) is 0 Å². The molecule has 3 rings (SSSR count). The molecule has 1 amide bonds. The van der Waals surface area contributed by atoms with E-state index in [1.807, 2.05) is 19.1 Å². The molecule has 0 spiro atoms. The minimum absolute atomic E-state index is 0.0158. The van der Waals surface area contributed by atoms with E-state index in [0.29, 0.717) is 16.3 Å². The Hall–Kier alpha value is -4.15. The van der Waals surface area contributed by atoms with Crippen molar-refractivity contribution < 1.29 is 14.5 Å². The maximum atomic E-state index is 12.4. The van der Waals surface area contributed by atoms with Gasteiger partial charge in [0.2, 0.25) is 5.75 Å². The first-order valence-corrected chi connectivity index (χ1v) is 9.46. The van der Waals surface area contributed by atoms with E-state index < -0.39 is 10.8 Å². The van der Waals surface area contributed by atoms with Crippen molar-refractivity contribution in [2.45, 2.75) is 6.92 Å². The smallest absolute Gasteiger partial charge is 0.312 e. The van der Waals surface area contributed by atoms with Gasteiger partial charge in [-0.1, -0.05) is 41.9 Å². The third kappa shape index (κ3) is 5.47. The van der Waals surface area contributed by atoms with E-state index in [4.69, 9.17) is 16.3 Å². The number of aryl methyl sites for hydroxylation is 1. The summed E-state index contributed by atoms with van der Waals surface area (Å²) in [5.74, 6) is -0.365. The lowest BCUT2D eigenvalue weighted by molar-refractivity contribution is -0.385. The van der Waals surface area contributed by atoms with Gasteiger partial charge in [0, 0.05) is 11.8 Å². The summed E-state index contributed by atoms with van der Waals surface area (Å²) >= 11 is 6.05. The van der Waals surface area contributed by atoms with E-state index >= 15 is 0 Å². The number of anilines is 1. The number of nitriles is 1. The summed E-state index contributed by atoms with van der Waals surface area (Å²) in [5, 5.41) is 23.9. The Bertz CT molecular complexity index is 1230. The molecule has 0 bridgehead atoms. The zero-order chi connectivity index (χ0) is 22.4. The number of rotatable bonds is 6. The first-order chi connectivity index (χ1) is 14.9. The van der Waals surface area contributed by atoms with Crippen LogP contribution in [0.2, 0.25) is 5.02 Å². The normalized spacial score (nSPS) is 10.8. The van der Waals surface area contributed by atoms with Crippen molar-refractivity contribution >= 4 is 35.0 Å². The van der Waals surface area contributed by atoms with Gasteiger partial charge in [0.15, 0.2) is 0 Å². The lowest BCUT2D eigenvalue weighted by Crippen LogP contribution is -2.13. The molecule has 0 aromatic heterocycles. The van der Waals surface area contributed by atoms with Crippen LogP contribution in [0.4, 0.5) is 11.4 Å². The number of para-hydroxylation sites is 1. The molecule has 3 aromatic rings. The summed E-state index contributed by atoms with van der Waals surface area (Å²) in [7, 11) is 0. The van der Waals surface area contributed by atoms with Crippen LogP contribution in [-0.4, -0.2) is 10.8 Å². The van der Waals surface area contributed by atoms with Crippen LogP contribution in [0, 0.1) is 28.4 Å². The van der Waals surface area contributed by atoms with Gasteiger partial charge in [0.05, 0.1) is 9.95 Å². The fraction of sp³-hybridized carbons (Fsp3) is 0.0435. The Morgan fingerprint density at radius 1 is 1.13 bits per heavy atom. The molecule has 0 radical (unpaired) electrons. The highest BCUT2D eigenvalue weighted by Gasteiger charge is 2.18. The number of ether oxygens (including phenoxy) is 1. The summed E-state index contributed by atoms with van der Waals surface area (Å²) in [4.78, 5) is 23.4. The Kier molecular flexibility index (Phi) is 6.65. The number of nitrogens with zero attached hydrogens (tertiary/aromatic N) is 2. The number of hydrogen-bond acceptors (Lipinski definition) is 5. The van der Waals surface area contributed by atoms with Gasteiger partial charge < -0.3 is 10.1 Å². The molecule has 0 saturated carbocycles. The van der Waals surface area contributed by atoms with Crippen molar-refractivity contribution in [2.24, 2.45) is 0 Å². The molecular weight excluding hydrogens is 418 g/mol.